The predicted molar refractivity (Wildman–Crippen MR) is 78.7 cm³/mol. The highest BCUT2D eigenvalue weighted by molar-refractivity contribution is 7.84. The Morgan fingerprint density at radius 1 is 1.42 bits per heavy atom. The normalized spacial score (nSPS) is 20.3. The quantitative estimate of drug-likeness (QED) is 0.854. The topological polar surface area (TPSA) is 58.2 Å². The second-order valence-corrected chi connectivity index (χ2v) is 6.49. The Morgan fingerprint density at radius 3 is 3.00 bits per heavy atom. The molecule has 1 aliphatic rings. The highest BCUT2D eigenvalue weighted by atomic mass is 32.2. The van der Waals surface area contributed by atoms with Gasteiger partial charge in [0, 0.05) is 34.5 Å². The van der Waals surface area contributed by atoms with Crippen LogP contribution in [-0.4, -0.2) is 34.2 Å². The number of benzene rings is 1. The van der Waals surface area contributed by atoms with E-state index in [9.17, 15) is 9.00 Å². The molecular weight excluding hydrogens is 260 g/mol. The van der Waals surface area contributed by atoms with Gasteiger partial charge < -0.3 is 10.6 Å². The van der Waals surface area contributed by atoms with Crippen molar-refractivity contribution >= 4 is 22.4 Å². The third-order valence-electron chi connectivity index (χ3n) is 3.34. The third kappa shape index (κ3) is 3.88. The zero-order valence-electron chi connectivity index (χ0n) is 11.1. The Kier molecular flexibility index (Phi) is 5.10. The molecule has 2 unspecified atom stereocenters. The summed E-state index contributed by atoms with van der Waals surface area (Å²) < 4.78 is 11.4. The van der Waals surface area contributed by atoms with Crippen molar-refractivity contribution in [2.75, 3.05) is 23.4 Å². The number of anilines is 1. The maximum Gasteiger partial charge on any atom is 0.241 e. The standard InChI is InChI=1S/C14H20N2O2S/c1-2-19(18)10-9-15-13-8-7-11-5-3-4-6-12(11)16-14(13)17/h3-6,13,15H,2,7-10H2,1H3,(H,16,17). The lowest BCUT2D eigenvalue weighted by atomic mass is 10.1. The molecule has 4 nitrogen and oxygen atoms in total. The lowest BCUT2D eigenvalue weighted by molar-refractivity contribution is -0.118. The molecule has 19 heavy (non-hydrogen) atoms. The van der Waals surface area contributed by atoms with E-state index < -0.39 is 10.8 Å². The number of aryl methyl sites for hydroxylation is 1. The van der Waals surface area contributed by atoms with Crippen LogP contribution in [0.1, 0.15) is 18.9 Å². The first-order chi connectivity index (χ1) is 9.20. The van der Waals surface area contributed by atoms with Crippen molar-refractivity contribution in [3.8, 4) is 0 Å². The molecule has 2 atom stereocenters. The van der Waals surface area contributed by atoms with Crippen LogP contribution < -0.4 is 10.6 Å². The summed E-state index contributed by atoms with van der Waals surface area (Å²) in [6.45, 7) is 2.53. The van der Waals surface area contributed by atoms with Gasteiger partial charge in [0.15, 0.2) is 0 Å². The first-order valence-electron chi connectivity index (χ1n) is 6.68. The highest BCUT2D eigenvalue weighted by Gasteiger charge is 2.22. The molecule has 1 amide bonds. The van der Waals surface area contributed by atoms with E-state index in [1.54, 1.807) is 0 Å². The fourth-order valence-electron chi connectivity index (χ4n) is 2.20. The Labute approximate surface area is 116 Å². The summed E-state index contributed by atoms with van der Waals surface area (Å²) in [5.41, 5.74) is 2.09. The van der Waals surface area contributed by atoms with E-state index in [1.165, 1.54) is 5.56 Å². The largest absolute Gasteiger partial charge is 0.324 e. The van der Waals surface area contributed by atoms with Crippen LogP contribution in [0, 0.1) is 0 Å². The van der Waals surface area contributed by atoms with Crippen LogP contribution in [0.3, 0.4) is 0 Å². The number of hydrogen-bond donors (Lipinski definition) is 2. The summed E-state index contributed by atoms with van der Waals surface area (Å²) in [5.74, 6) is 1.28. The molecule has 0 aliphatic carbocycles. The van der Waals surface area contributed by atoms with Crippen LogP contribution in [0.2, 0.25) is 0 Å². The van der Waals surface area contributed by atoms with Gasteiger partial charge in [0.25, 0.3) is 0 Å². The maximum atomic E-state index is 12.1. The van der Waals surface area contributed by atoms with Gasteiger partial charge >= 0.3 is 0 Å². The molecule has 1 heterocycles. The molecule has 0 aromatic heterocycles. The predicted octanol–water partition coefficient (Wildman–Crippen LogP) is 1.30. The minimum absolute atomic E-state index is 0.00670. The fraction of sp³-hybridized carbons (Fsp3) is 0.500. The molecule has 2 rings (SSSR count). The second kappa shape index (κ2) is 6.82. The first-order valence-corrected chi connectivity index (χ1v) is 8.16. The monoisotopic (exact) mass is 280 g/mol. The van der Waals surface area contributed by atoms with Gasteiger partial charge in [-0.3, -0.25) is 9.00 Å². The van der Waals surface area contributed by atoms with Crippen molar-refractivity contribution < 1.29 is 9.00 Å². The number of carbonyl (C=O) groups excluding carboxylic acids is 1. The van der Waals surface area contributed by atoms with Gasteiger partial charge in [-0.2, -0.15) is 0 Å². The van der Waals surface area contributed by atoms with Gasteiger partial charge in [-0.25, -0.2) is 0 Å². The van der Waals surface area contributed by atoms with Gasteiger partial charge in [-0.05, 0) is 24.5 Å². The average molecular weight is 280 g/mol. The van der Waals surface area contributed by atoms with E-state index in [0.29, 0.717) is 18.1 Å². The van der Waals surface area contributed by atoms with Gasteiger partial charge in [0.1, 0.15) is 0 Å². The molecule has 1 aromatic carbocycles. The molecular formula is C14H20N2O2S. The number of amides is 1. The molecule has 0 bridgehead atoms. The maximum absolute atomic E-state index is 12.1. The summed E-state index contributed by atoms with van der Waals surface area (Å²) in [5, 5.41) is 6.15. The van der Waals surface area contributed by atoms with Gasteiger partial charge in [0.2, 0.25) is 5.91 Å². The van der Waals surface area contributed by atoms with Crippen molar-refractivity contribution in [1.29, 1.82) is 0 Å². The van der Waals surface area contributed by atoms with Crippen LogP contribution in [0.5, 0.6) is 0 Å². The van der Waals surface area contributed by atoms with E-state index in [2.05, 4.69) is 10.6 Å². The molecule has 0 fully saturated rings. The summed E-state index contributed by atoms with van der Waals surface area (Å²) in [4.78, 5) is 12.1. The minimum atomic E-state index is -0.781. The van der Waals surface area contributed by atoms with E-state index in [1.807, 2.05) is 31.2 Å². The van der Waals surface area contributed by atoms with E-state index in [0.717, 1.165) is 18.5 Å². The van der Waals surface area contributed by atoms with Crippen LogP contribution in [0.25, 0.3) is 0 Å². The molecule has 5 heteroatoms. The van der Waals surface area contributed by atoms with E-state index in [-0.39, 0.29) is 11.9 Å². The van der Waals surface area contributed by atoms with Crippen molar-refractivity contribution in [2.45, 2.75) is 25.8 Å². The molecule has 2 N–H and O–H groups in total. The fourth-order valence-corrected chi connectivity index (χ4v) is 2.83. The van der Waals surface area contributed by atoms with Gasteiger partial charge in [0.05, 0.1) is 6.04 Å². The molecule has 0 radical (unpaired) electrons. The van der Waals surface area contributed by atoms with Crippen LogP contribution in [0.4, 0.5) is 5.69 Å². The summed E-state index contributed by atoms with van der Waals surface area (Å²) in [6.07, 6.45) is 1.66. The van der Waals surface area contributed by atoms with Crippen LogP contribution in [-0.2, 0) is 22.0 Å². The van der Waals surface area contributed by atoms with Crippen LogP contribution in [0.15, 0.2) is 24.3 Å². The molecule has 1 aliphatic heterocycles. The van der Waals surface area contributed by atoms with E-state index >= 15 is 0 Å². The zero-order chi connectivity index (χ0) is 13.7. The highest BCUT2D eigenvalue weighted by Crippen LogP contribution is 2.21. The molecule has 104 valence electrons. The number of para-hydroxylation sites is 1. The van der Waals surface area contributed by atoms with E-state index in [4.69, 9.17) is 0 Å². The van der Waals surface area contributed by atoms with Crippen molar-refractivity contribution in [3.05, 3.63) is 29.8 Å². The minimum Gasteiger partial charge on any atom is -0.324 e. The number of hydrogen-bond acceptors (Lipinski definition) is 3. The van der Waals surface area contributed by atoms with Crippen molar-refractivity contribution in [3.63, 3.8) is 0 Å². The number of fused-ring (bicyclic) bond motifs is 1. The van der Waals surface area contributed by atoms with Gasteiger partial charge in [-0.15, -0.1) is 0 Å². The van der Waals surface area contributed by atoms with Gasteiger partial charge in [-0.1, -0.05) is 25.1 Å². The Hall–Kier alpha value is -1.20. The first kappa shape index (κ1) is 14.2. The lowest BCUT2D eigenvalue weighted by Gasteiger charge is -2.14. The summed E-state index contributed by atoms with van der Waals surface area (Å²) in [6, 6.07) is 7.70. The number of carbonyl (C=O) groups is 1. The SMILES string of the molecule is CCS(=O)CCNC1CCc2ccccc2NC1=O. The Balaban J connectivity index is 1.91. The second-order valence-electron chi connectivity index (χ2n) is 4.62. The number of nitrogens with one attached hydrogen (secondary N) is 2. The zero-order valence-corrected chi connectivity index (χ0v) is 12.0. The smallest absolute Gasteiger partial charge is 0.241 e. The van der Waals surface area contributed by atoms with Crippen LogP contribution >= 0.6 is 0 Å². The average Bonchev–Trinajstić information content (AvgIpc) is 2.58. The Morgan fingerprint density at radius 2 is 2.21 bits per heavy atom. The summed E-state index contributed by atoms with van der Waals surface area (Å²) >= 11 is 0. The number of rotatable bonds is 5. The van der Waals surface area contributed by atoms with Crippen molar-refractivity contribution in [2.24, 2.45) is 0 Å². The Bertz CT molecular complexity index is 476. The third-order valence-corrected chi connectivity index (χ3v) is 4.64. The van der Waals surface area contributed by atoms with Crippen molar-refractivity contribution in [1.82, 2.24) is 5.32 Å². The molecule has 0 saturated heterocycles. The lowest BCUT2D eigenvalue weighted by Crippen LogP contribution is -2.41. The summed E-state index contributed by atoms with van der Waals surface area (Å²) in [7, 11) is -0.781. The molecule has 0 spiro atoms. The molecule has 0 saturated carbocycles. The molecule has 1 aromatic rings.